The first-order chi connectivity index (χ1) is 7.42. The maximum Gasteiger partial charge on any atom is 0.401 e. The topological polar surface area (TPSA) is 15.3 Å². The van der Waals surface area contributed by atoms with Crippen LogP contribution in [0.5, 0.6) is 0 Å². The van der Waals surface area contributed by atoms with E-state index in [0.29, 0.717) is 25.7 Å². The molecule has 2 nitrogen and oxygen atoms in total. The van der Waals surface area contributed by atoms with Crippen LogP contribution in [0, 0.1) is 0 Å². The number of hydrogen-bond acceptors (Lipinski definition) is 2. The predicted octanol–water partition coefficient (Wildman–Crippen LogP) is 2.65. The van der Waals surface area contributed by atoms with Gasteiger partial charge < -0.3 is 5.32 Å². The summed E-state index contributed by atoms with van der Waals surface area (Å²) in [4.78, 5) is 1.41. The van der Waals surface area contributed by atoms with Crippen molar-refractivity contribution in [3.8, 4) is 0 Å². The van der Waals surface area contributed by atoms with E-state index < -0.39 is 12.7 Å². The Kier molecular flexibility index (Phi) is 7.76. The largest absolute Gasteiger partial charge is 0.401 e. The lowest BCUT2D eigenvalue weighted by atomic mass is 10.2. The molecule has 0 fully saturated rings. The monoisotopic (exact) mass is 240 g/mol. The highest BCUT2D eigenvalue weighted by molar-refractivity contribution is 4.66. The van der Waals surface area contributed by atoms with Gasteiger partial charge in [-0.1, -0.05) is 20.8 Å². The Morgan fingerprint density at radius 3 is 2.06 bits per heavy atom. The third kappa shape index (κ3) is 7.93. The minimum absolute atomic E-state index is 0.421. The molecule has 0 atom stereocenters. The smallest absolute Gasteiger partial charge is 0.313 e. The van der Waals surface area contributed by atoms with Crippen LogP contribution in [0.2, 0.25) is 0 Å². The summed E-state index contributed by atoms with van der Waals surface area (Å²) < 4.78 is 36.4. The van der Waals surface area contributed by atoms with Crippen molar-refractivity contribution in [1.29, 1.82) is 0 Å². The van der Waals surface area contributed by atoms with Gasteiger partial charge in [0.15, 0.2) is 0 Å². The van der Waals surface area contributed by atoms with Gasteiger partial charge in [-0.15, -0.1) is 0 Å². The third-order valence-electron chi connectivity index (χ3n) is 2.70. The van der Waals surface area contributed by atoms with E-state index in [-0.39, 0.29) is 0 Å². The molecule has 0 aromatic rings. The molecule has 0 aliphatic carbocycles. The molecule has 0 aromatic carbocycles. The van der Waals surface area contributed by atoms with Gasteiger partial charge in [-0.3, -0.25) is 4.90 Å². The summed E-state index contributed by atoms with van der Waals surface area (Å²) in [6.45, 7) is 6.60. The average Bonchev–Trinajstić information content (AvgIpc) is 2.21. The van der Waals surface area contributed by atoms with Crippen molar-refractivity contribution < 1.29 is 13.2 Å². The minimum Gasteiger partial charge on any atom is -0.313 e. The standard InChI is InChI=1S/C11H23F3N2/c1-4-10(5-2)15-7-8-16(6-3)9-11(12,13)14/h10,15H,4-9H2,1-3H3. The molecule has 1 N–H and O–H groups in total. The molecule has 0 heterocycles. The molecule has 0 saturated carbocycles. The molecule has 0 bridgehead atoms. The van der Waals surface area contributed by atoms with Gasteiger partial charge in [0.05, 0.1) is 6.54 Å². The van der Waals surface area contributed by atoms with Gasteiger partial charge in [-0.05, 0) is 19.4 Å². The van der Waals surface area contributed by atoms with Crippen molar-refractivity contribution in [3.63, 3.8) is 0 Å². The van der Waals surface area contributed by atoms with E-state index in [1.807, 2.05) is 0 Å². The van der Waals surface area contributed by atoms with Crippen LogP contribution in [0.1, 0.15) is 33.6 Å². The summed E-state index contributed by atoms with van der Waals surface area (Å²) in [6.07, 6.45) is -2.06. The highest BCUT2D eigenvalue weighted by atomic mass is 19.4. The molecule has 0 aromatic heterocycles. The molecule has 0 rings (SSSR count). The fourth-order valence-corrected chi connectivity index (χ4v) is 1.61. The molecular formula is C11H23F3N2. The van der Waals surface area contributed by atoms with Crippen LogP contribution in [0.25, 0.3) is 0 Å². The molecule has 0 unspecified atom stereocenters. The Balaban J connectivity index is 3.79. The van der Waals surface area contributed by atoms with Crippen molar-refractivity contribution >= 4 is 0 Å². The first kappa shape index (κ1) is 15.7. The van der Waals surface area contributed by atoms with Crippen LogP contribution < -0.4 is 5.32 Å². The number of rotatable bonds is 8. The lowest BCUT2D eigenvalue weighted by Gasteiger charge is -2.23. The zero-order valence-corrected chi connectivity index (χ0v) is 10.4. The van der Waals surface area contributed by atoms with E-state index in [1.54, 1.807) is 6.92 Å². The zero-order chi connectivity index (χ0) is 12.6. The number of likely N-dealkylation sites (N-methyl/N-ethyl adjacent to an activating group) is 1. The van der Waals surface area contributed by atoms with Crippen molar-refractivity contribution in [1.82, 2.24) is 10.2 Å². The van der Waals surface area contributed by atoms with Gasteiger partial charge in [-0.2, -0.15) is 13.2 Å². The molecule has 98 valence electrons. The molecule has 0 saturated heterocycles. The van der Waals surface area contributed by atoms with Crippen LogP contribution in [0.3, 0.4) is 0 Å². The average molecular weight is 240 g/mol. The number of halogens is 3. The Morgan fingerprint density at radius 1 is 1.12 bits per heavy atom. The van der Waals surface area contributed by atoms with E-state index in [4.69, 9.17) is 0 Å². The fourth-order valence-electron chi connectivity index (χ4n) is 1.61. The van der Waals surface area contributed by atoms with Crippen LogP contribution in [0.15, 0.2) is 0 Å². The van der Waals surface area contributed by atoms with Gasteiger partial charge in [0.25, 0.3) is 0 Å². The fraction of sp³-hybridized carbons (Fsp3) is 1.00. The van der Waals surface area contributed by atoms with Crippen LogP contribution in [0.4, 0.5) is 13.2 Å². The molecule has 0 amide bonds. The Labute approximate surface area is 96.2 Å². The third-order valence-corrected chi connectivity index (χ3v) is 2.70. The number of nitrogens with zero attached hydrogens (tertiary/aromatic N) is 1. The summed E-state index contributed by atoms with van der Waals surface area (Å²) in [6, 6.07) is 0.421. The minimum atomic E-state index is -4.09. The summed E-state index contributed by atoms with van der Waals surface area (Å²) in [5, 5.41) is 3.26. The first-order valence-electron chi connectivity index (χ1n) is 5.95. The number of nitrogens with one attached hydrogen (secondary N) is 1. The number of alkyl halides is 3. The van der Waals surface area contributed by atoms with E-state index >= 15 is 0 Å². The first-order valence-corrected chi connectivity index (χ1v) is 5.95. The van der Waals surface area contributed by atoms with Crippen molar-refractivity contribution in [2.45, 2.75) is 45.8 Å². The summed E-state index contributed by atoms with van der Waals surface area (Å²) >= 11 is 0. The van der Waals surface area contributed by atoms with Crippen molar-refractivity contribution in [2.24, 2.45) is 0 Å². The quantitative estimate of drug-likeness (QED) is 0.701. The van der Waals surface area contributed by atoms with E-state index in [9.17, 15) is 13.2 Å². The summed E-state index contributed by atoms with van der Waals surface area (Å²) in [7, 11) is 0. The van der Waals surface area contributed by atoms with E-state index in [0.717, 1.165) is 12.8 Å². The predicted molar refractivity (Wildman–Crippen MR) is 60.5 cm³/mol. The second-order valence-electron chi connectivity index (χ2n) is 3.95. The normalized spacial score (nSPS) is 12.8. The van der Waals surface area contributed by atoms with Gasteiger partial charge in [0.2, 0.25) is 0 Å². The zero-order valence-electron chi connectivity index (χ0n) is 10.4. The van der Waals surface area contributed by atoms with Gasteiger partial charge in [0.1, 0.15) is 0 Å². The summed E-state index contributed by atoms with van der Waals surface area (Å²) in [5.74, 6) is 0. The van der Waals surface area contributed by atoms with Gasteiger partial charge >= 0.3 is 6.18 Å². The molecule has 0 radical (unpaired) electrons. The van der Waals surface area contributed by atoms with Gasteiger partial charge in [-0.25, -0.2) is 0 Å². The SMILES string of the molecule is CCC(CC)NCCN(CC)CC(F)(F)F. The molecule has 0 aliphatic heterocycles. The van der Waals surface area contributed by atoms with Crippen molar-refractivity contribution in [3.05, 3.63) is 0 Å². The lowest BCUT2D eigenvalue weighted by molar-refractivity contribution is -0.145. The Hall–Kier alpha value is -0.290. The second-order valence-corrected chi connectivity index (χ2v) is 3.95. The van der Waals surface area contributed by atoms with Crippen LogP contribution >= 0.6 is 0 Å². The lowest BCUT2D eigenvalue weighted by Crippen LogP contribution is -2.40. The highest BCUT2D eigenvalue weighted by Crippen LogP contribution is 2.15. The summed E-state index contributed by atoms with van der Waals surface area (Å²) in [5.41, 5.74) is 0. The highest BCUT2D eigenvalue weighted by Gasteiger charge is 2.29. The molecule has 0 aliphatic rings. The van der Waals surface area contributed by atoms with Gasteiger partial charge in [0, 0.05) is 19.1 Å². The van der Waals surface area contributed by atoms with Crippen LogP contribution in [-0.2, 0) is 0 Å². The maximum atomic E-state index is 12.1. The molecule has 5 heteroatoms. The van der Waals surface area contributed by atoms with Crippen molar-refractivity contribution in [2.75, 3.05) is 26.2 Å². The second kappa shape index (κ2) is 7.90. The van der Waals surface area contributed by atoms with E-state index in [1.165, 1.54) is 4.90 Å². The Morgan fingerprint density at radius 2 is 1.69 bits per heavy atom. The molecule has 16 heavy (non-hydrogen) atoms. The van der Waals surface area contributed by atoms with E-state index in [2.05, 4.69) is 19.2 Å². The molecule has 0 spiro atoms. The maximum absolute atomic E-state index is 12.1. The number of hydrogen-bond donors (Lipinski definition) is 1. The molecular weight excluding hydrogens is 217 g/mol. The van der Waals surface area contributed by atoms with Crippen LogP contribution in [-0.4, -0.2) is 43.3 Å². The Bertz CT molecular complexity index is 167.